The van der Waals surface area contributed by atoms with E-state index < -0.39 is 23.3 Å². The quantitative estimate of drug-likeness (QED) is 0.612. The summed E-state index contributed by atoms with van der Waals surface area (Å²) in [6, 6.07) is 5.67. The van der Waals surface area contributed by atoms with Crippen LogP contribution in [-0.2, 0) is 9.59 Å². The Kier molecular flexibility index (Phi) is 4.15. The van der Waals surface area contributed by atoms with E-state index in [4.69, 9.17) is 4.74 Å². The molecule has 2 amide bonds. The van der Waals surface area contributed by atoms with Gasteiger partial charge in [0.1, 0.15) is 0 Å². The second-order valence-corrected chi connectivity index (χ2v) is 3.12. The smallest absolute Gasteiger partial charge is 0.310 e. The van der Waals surface area contributed by atoms with E-state index in [1.165, 1.54) is 25.1 Å². The van der Waals surface area contributed by atoms with Crippen LogP contribution in [0.2, 0.25) is 0 Å². The fourth-order valence-electron chi connectivity index (χ4n) is 1.11. The van der Waals surface area contributed by atoms with Gasteiger partial charge in [-0.3, -0.25) is 25.0 Å². The average molecular weight is 238 g/mol. The highest BCUT2D eigenvalue weighted by Crippen LogP contribution is 2.25. The minimum absolute atomic E-state index is 0.0174. The van der Waals surface area contributed by atoms with Crippen LogP contribution in [0, 0.1) is 10.1 Å². The summed E-state index contributed by atoms with van der Waals surface area (Å²) in [5.74, 6) is -1.19. The van der Waals surface area contributed by atoms with Crippen LogP contribution >= 0.6 is 0 Å². The fraction of sp³-hybridized carbons (Fsp3) is 0.200. The Morgan fingerprint density at radius 2 is 2.06 bits per heavy atom. The summed E-state index contributed by atoms with van der Waals surface area (Å²) < 4.78 is 4.96. The summed E-state index contributed by atoms with van der Waals surface area (Å²) in [4.78, 5) is 31.6. The van der Waals surface area contributed by atoms with Crippen molar-refractivity contribution in [2.45, 2.75) is 6.92 Å². The number of nitro benzene ring substituents is 1. The summed E-state index contributed by atoms with van der Waals surface area (Å²) in [5, 5.41) is 12.6. The van der Waals surface area contributed by atoms with Crippen molar-refractivity contribution in [2.24, 2.45) is 0 Å². The lowest BCUT2D eigenvalue weighted by molar-refractivity contribution is -0.385. The first-order valence-electron chi connectivity index (χ1n) is 4.67. The Hall–Kier alpha value is -2.44. The number of carbonyl (C=O) groups is 2. The first kappa shape index (κ1) is 12.6. The molecule has 7 heteroatoms. The molecule has 1 N–H and O–H groups in total. The highest BCUT2D eigenvalue weighted by molar-refractivity contribution is 5.94. The minimum atomic E-state index is -0.657. The number of hydrogen-bond acceptors (Lipinski definition) is 5. The van der Waals surface area contributed by atoms with Crippen molar-refractivity contribution in [3.63, 3.8) is 0 Å². The van der Waals surface area contributed by atoms with Gasteiger partial charge in [-0.1, -0.05) is 12.1 Å². The summed E-state index contributed by atoms with van der Waals surface area (Å²) in [7, 11) is 0. The van der Waals surface area contributed by atoms with Crippen LogP contribution in [0.1, 0.15) is 6.92 Å². The molecule has 0 aliphatic heterocycles. The van der Waals surface area contributed by atoms with Crippen LogP contribution in [0.25, 0.3) is 0 Å². The Morgan fingerprint density at radius 3 is 2.65 bits per heavy atom. The molecule has 0 fully saturated rings. The predicted molar refractivity (Wildman–Crippen MR) is 57.4 cm³/mol. The molecule has 7 nitrogen and oxygen atoms in total. The van der Waals surface area contributed by atoms with Crippen molar-refractivity contribution in [3.05, 3.63) is 34.4 Å². The highest BCUT2D eigenvalue weighted by Gasteiger charge is 2.14. The molecular formula is C10H10N2O5. The molecule has 0 saturated heterocycles. The molecule has 0 atom stereocenters. The second-order valence-electron chi connectivity index (χ2n) is 3.12. The van der Waals surface area contributed by atoms with Crippen LogP contribution in [0.4, 0.5) is 5.69 Å². The van der Waals surface area contributed by atoms with Gasteiger partial charge >= 0.3 is 5.69 Å². The Morgan fingerprint density at radius 1 is 1.41 bits per heavy atom. The van der Waals surface area contributed by atoms with Crippen molar-refractivity contribution < 1.29 is 19.2 Å². The van der Waals surface area contributed by atoms with Crippen molar-refractivity contribution in [1.82, 2.24) is 5.32 Å². The summed E-state index contributed by atoms with van der Waals surface area (Å²) in [6.07, 6.45) is 0. The minimum Gasteiger partial charge on any atom is -0.477 e. The third-order valence-corrected chi connectivity index (χ3v) is 1.74. The zero-order chi connectivity index (χ0) is 12.8. The summed E-state index contributed by atoms with van der Waals surface area (Å²) in [6.45, 7) is 0.729. The van der Waals surface area contributed by atoms with Gasteiger partial charge in [0.25, 0.3) is 5.91 Å². The molecule has 0 aliphatic rings. The largest absolute Gasteiger partial charge is 0.477 e. The van der Waals surface area contributed by atoms with E-state index in [9.17, 15) is 19.7 Å². The van der Waals surface area contributed by atoms with Gasteiger partial charge in [0, 0.05) is 13.0 Å². The van der Waals surface area contributed by atoms with Crippen LogP contribution in [0.3, 0.4) is 0 Å². The van der Waals surface area contributed by atoms with Crippen LogP contribution in [-0.4, -0.2) is 23.3 Å². The molecule has 0 aromatic heterocycles. The van der Waals surface area contributed by atoms with Crippen LogP contribution < -0.4 is 10.1 Å². The van der Waals surface area contributed by atoms with E-state index in [1.807, 2.05) is 5.32 Å². The first-order valence-corrected chi connectivity index (χ1v) is 4.67. The van der Waals surface area contributed by atoms with Crippen molar-refractivity contribution in [2.75, 3.05) is 6.61 Å². The SMILES string of the molecule is CC(=O)NC(=O)COc1ccccc1[N+](=O)[O-]. The zero-order valence-corrected chi connectivity index (χ0v) is 9.00. The standard InChI is InChI=1S/C10H10N2O5/c1-7(13)11-10(14)6-17-9-5-3-2-4-8(9)12(15)16/h2-5H,6H2,1H3,(H,11,13,14). The Bertz CT molecular complexity index is 458. The number of ether oxygens (including phenoxy) is 1. The van der Waals surface area contributed by atoms with Gasteiger partial charge in [-0.15, -0.1) is 0 Å². The number of nitrogens with one attached hydrogen (secondary N) is 1. The van der Waals surface area contributed by atoms with Crippen LogP contribution in [0.5, 0.6) is 5.75 Å². The van der Waals surface area contributed by atoms with E-state index >= 15 is 0 Å². The first-order chi connectivity index (χ1) is 8.00. The third-order valence-electron chi connectivity index (χ3n) is 1.74. The molecule has 90 valence electrons. The molecule has 0 unspecified atom stereocenters. The van der Waals surface area contributed by atoms with E-state index in [0.717, 1.165) is 0 Å². The van der Waals surface area contributed by atoms with E-state index in [2.05, 4.69) is 0 Å². The van der Waals surface area contributed by atoms with Gasteiger partial charge in [0.2, 0.25) is 5.91 Å². The molecule has 0 aliphatic carbocycles. The van der Waals surface area contributed by atoms with E-state index in [-0.39, 0.29) is 11.4 Å². The fourth-order valence-corrected chi connectivity index (χ4v) is 1.11. The van der Waals surface area contributed by atoms with Gasteiger partial charge in [0.05, 0.1) is 4.92 Å². The maximum Gasteiger partial charge on any atom is 0.310 e. The van der Waals surface area contributed by atoms with E-state index in [1.54, 1.807) is 6.07 Å². The van der Waals surface area contributed by atoms with Crippen LogP contribution in [0.15, 0.2) is 24.3 Å². The van der Waals surface area contributed by atoms with Crippen molar-refractivity contribution >= 4 is 17.5 Å². The average Bonchev–Trinajstić information content (AvgIpc) is 2.25. The number of benzene rings is 1. The Labute approximate surface area is 96.5 Å². The maximum atomic E-state index is 11.1. The topological polar surface area (TPSA) is 98.5 Å². The number of hydrogen-bond donors (Lipinski definition) is 1. The summed E-state index contributed by atoms with van der Waals surface area (Å²) in [5.41, 5.74) is -0.233. The molecule has 0 spiro atoms. The van der Waals surface area contributed by atoms with Gasteiger partial charge in [-0.05, 0) is 6.07 Å². The lowest BCUT2D eigenvalue weighted by Gasteiger charge is -2.05. The van der Waals surface area contributed by atoms with E-state index in [0.29, 0.717) is 0 Å². The molecule has 1 rings (SSSR count). The molecule has 17 heavy (non-hydrogen) atoms. The van der Waals surface area contributed by atoms with Crippen molar-refractivity contribution in [3.8, 4) is 5.75 Å². The second kappa shape index (κ2) is 5.59. The molecule has 0 saturated carbocycles. The maximum absolute atomic E-state index is 11.1. The number of rotatable bonds is 4. The third kappa shape index (κ3) is 3.90. The lowest BCUT2D eigenvalue weighted by atomic mass is 10.3. The van der Waals surface area contributed by atoms with Crippen molar-refractivity contribution in [1.29, 1.82) is 0 Å². The number of nitro groups is 1. The number of nitrogens with zero attached hydrogens (tertiary/aromatic N) is 1. The normalized spacial score (nSPS) is 9.47. The monoisotopic (exact) mass is 238 g/mol. The lowest BCUT2D eigenvalue weighted by Crippen LogP contribution is -2.32. The van der Waals surface area contributed by atoms with Gasteiger partial charge in [-0.2, -0.15) is 0 Å². The molecule has 1 aromatic carbocycles. The Balaban J connectivity index is 2.66. The molecule has 0 radical (unpaired) electrons. The van der Waals surface area contributed by atoms with Gasteiger partial charge < -0.3 is 4.74 Å². The number of amides is 2. The number of imide groups is 1. The van der Waals surface area contributed by atoms with Gasteiger partial charge in [-0.25, -0.2) is 0 Å². The highest BCUT2D eigenvalue weighted by atomic mass is 16.6. The predicted octanol–water partition coefficient (Wildman–Crippen LogP) is 0.636. The zero-order valence-electron chi connectivity index (χ0n) is 9.00. The molecular weight excluding hydrogens is 228 g/mol. The number of carbonyl (C=O) groups excluding carboxylic acids is 2. The number of para-hydroxylation sites is 2. The molecule has 0 bridgehead atoms. The van der Waals surface area contributed by atoms with Gasteiger partial charge in [0.15, 0.2) is 12.4 Å². The molecule has 1 aromatic rings. The molecule has 0 heterocycles. The summed E-state index contributed by atoms with van der Waals surface area (Å²) >= 11 is 0.